The molecule has 0 N–H and O–H groups in total. The first-order valence-corrected chi connectivity index (χ1v) is 16.4. The van der Waals surface area contributed by atoms with Crippen LogP contribution in [0.2, 0.25) is 0 Å². The molecule has 0 fully saturated rings. The van der Waals surface area contributed by atoms with Crippen molar-refractivity contribution in [3.63, 3.8) is 0 Å². The fourth-order valence-corrected chi connectivity index (χ4v) is 8.87. The molecule has 0 spiro atoms. The third-order valence-corrected chi connectivity index (χ3v) is 10.9. The average molecular weight is 594 g/mol. The minimum absolute atomic E-state index is 0.0882. The molecule has 2 heteroatoms. The fraction of sp³-hybridized carbons (Fsp3) is 0.0698. The number of rotatable bonds is 4. The quantitative estimate of drug-likeness (QED) is 0.196. The number of thiophene rings is 1. The van der Waals surface area contributed by atoms with Crippen LogP contribution in [0.15, 0.2) is 152 Å². The van der Waals surface area contributed by atoms with Crippen molar-refractivity contribution in [2.75, 3.05) is 4.90 Å². The van der Waals surface area contributed by atoms with E-state index in [1.54, 1.807) is 0 Å². The second-order valence-corrected chi connectivity index (χ2v) is 13.5. The van der Waals surface area contributed by atoms with Gasteiger partial charge in [-0.25, -0.2) is 0 Å². The molecule has 1 aromatic heterocycles. The van der Waals surface area contributed by atoms with E-state index in [0.29, 0.717) is 0 Å². The lowest BCUT2D eigenvalue weighted by Crippen LogP contribution is -2.16. The van der Waals surface area contributed by atoms with E-state index in [0.717, 1.165) is 0 Å². The monoisotopic (exact) mass is 593 g/mol. The predicted octanol–water partition coefficient (Wildman–Crippen LogP) is 12.7. The number of benzene rings is 7. The zero-order valence-corrected chi connectivity index (χ0v) is 26.1. The fourth-order valence-electron chi connectivity index (χ4n) is 7.53. The molecule has 1 nitrogen and oxygen atoms in total. The van der Waals surface area contributed by atoms with E-state index >= 15 is 0 Å². The molecule has 0 radical (unpaired) electrons. The van der Waals surface area contributed by atoms with Crippen molar-refractivity contribution in [2.24, 2.45) is 0 Å². The number of hydrogen-bond donors (Lipinski definition) is 0. The molecule has 0 bridgehead atoms. The molecule has 214 valence electrons. The Morgan fingerprint density at radius 2 is 1.07 bits per heavy atom. The van der Waals surface area contributed by atoms with E-state index in [-0.39, 0.29) is 5.41 Å². The van der Waals surface area contributed by atoms with Crippen LogP contribution in [-0.4, -0.2) is 0 Å². The highest BCUT2D eigenvalue weighted by Crippen LogP contribution is 2.56. The minimum atomic E-state index is -0.0882. The third kappa shape index (κ3) is 3.86. The number of anilines is 3. The summed E-state index contributed by atoms with van der Waals surface area (Å²) in [6, 6.07) is 55.7. The Morgan fingerprint density at radius 3 is 1.96 bits per heavy atom. The molecule has 0 aliphatic heterocycles. The Bertz CT molecular complexity index is 2410. The van der Waals surface area contributed by atoms with Gasteiger partial charge < -0.3 is 4.90 Å². The van der Waals surface area contributed by atoms with Gasteiger partial charge in [0.25, 0.3) is 0 Å². The van der Waals surface area contributed by atoms with Crippen LogP contribution >= 0.6 is 11.3 Å². The molecule has 0 saturated heterocycles. The van der Waals surface area contributed by atoms with Crippen LogP contribution in [0.3, 0.4) is 0 Å². The first-order chi connectivity index (χ1) is 22.1. The second kappa shape index (κ2) is 9.92. The van der Waals surface area contributed by atoms with Crippen LogP contribution in [0.5, 0.6) is 0 Å². The lowest BCUT2D eigenvalue weighted by molar-refractivity contribution is 0.660. The largest absolute Gasteiger partial charge is 0.308 e. The van der Waals surface area contributed by atoms with E-state index in [1.165, 1.54) is 81.4 Å². The standard InChI is InChI=1S/C43H31NS/c1-43(2)35-21-10-8-19-34(35)40-36(43)22-13-24-38(40)44(37-23-11-9-17-30(37)28-14-4-3-5-15-28)39-25-12-20-32-33-27-26-29-16-6-7-18-31(29)41(33)45-42(32)39/h3-27H,1-2H3. The Balaban J connectivity index is 1.40. The highest BCUT2D eigenvalue weighted by Gasteiger charge is 2.38. The summed E-state index contributed by atoms with van der Waals surface area (Å²) in [6.45, 7) is 4.73. The van der Waals surface area contributed by atoms with Crippen molar-refractivity contribution in [1.29, 1.82) is 0 Å². The van der Waals surface area contributed by atoms with Crippen molar-refractivity contribution in [2.45, 2.75) is 19.3 Å². The van der Waals surface area contributed by atoms with Gasteiger partial charge in [0.1, 0.15) is 0 Å². The highest BCUT2D eigenvalue weighted by molar-refractivity contribution is 7.27. The summed E-state index contributed by atoms with van der Waals surface area (Å²) in [5, 5.41) is 5.21. The molecule has 0 atom stereocenters. The highest BCUT2D eigenvalue weighted by atomic mass is 32.1. The first kappa shape index (κ1) is 26.2. The molecule has 9 rings (SSSR count). The van der Waals surface area contributed by atoms with Gasteiger partial charge in [0, 0.05) is 32.0 Å². The molecule has 0 amide bonds. The number of para-hydroxylation sites is 1. The SMILES string of the molecule is CC1(C)c2ccccc2-c2c(N(c3ccccc3-c3ccccc3)c3cccc4c3sc3c5ccccc5ccc43)cccc21. The van der Waals surface area contributed by atoms with Gasteiger partial charge in [-0.05, 0) is 51.2 Å². The molecule has 1 heterocycles. The summed E-state index contributed by atoms with van der Waals surface area (Å²) in [5.41, 5.74) is 11.3. The molecule has 0 unspecified atom stereocenters. The van der Waals surface area contributed by atoms with Gasteiger partial charge in [-0.2, -0.15) is 0 Å². The first-order valence-electron chi connectivity index (χ1n) is 15.6. The Morgan fingerprint density at radius 1 is 0.444 bits per heavy atom. The van der Waals surface area contributed by atoms with Crippen molar-refractivity contribution in [3.05, 3.63) is 163 Å². The molecular formula is C43H31NS. The maximum Gasteiger partial charge on any atom is 0.0640 e. The van der Waals surface area contributed by atoms with Crippen molar-refractivity contribution >= 4 is 59.3 Å². The van der Waals surface area contributed by atoms with Gasteiger partial charge in [-0.1, -0.05) is 147 Å². The normalized spacial score (nSPS) is 13.3. The summed E-state index contributed by atoms with van der Waals surface area (Å²) in [6.07, 6.45) is 0. The minimum Gasteiger partial charge on any atom is -0.308 e. The van der Waals surface area contributed by atoms with Crippen LogP contribution < -0.4 is 4.90 Å². The smallest absolute Gasteiger partial charge is 0.0640 e. The van der Waals surface area contributed by atoms with Crippen molar-refractivity contribution < 1.29 is 0 Å². The molecule has 8 aromatic rings. The molecular weight excluding hydrogens is 563 g/mol. The van der Waals surface area contributed by atoms with E-state index in [2.05, 4.69) is 170 Å². The van der Waals surface area contributed by atoms with E-state index < -0.39 is 0 Å². The van der Waals surface area contributed by atoms with Gasteiger partial charge in [-0.15, -0.1) is 11.3 Å². The summed E-state index contributed by atoms with van der Waals surface area (Å²) >= 11 is 1.91. The van der Waals surface area contributed by atoms with Crippen molar-refractivity contribution in [1.82, 2.24) is 0 Å². The zero-order chi connectivity index (χ0) is 30.1. The van der Waals surface area contributed by atoms with Crippen LogP contribution in [0.4, 0.5) is 17.1 Å². The molecule has 45 heavy (non-hydrogen) atoms. The lowest BCUT2D eigenvalue weighted by atomic mass is 9.82. The van der Waals surface area contributed by atoms with Gasteiger partial charge in [0.05, 0.1) is 21.8 Å². The summed E-state index contributed by atoms with van der Waals surface area (Å²) in [5.74, 6) is 0. The second-order valence-electron chi connectivity index (χ2n) is 12.5. The number of hydrogen-bond acceptors (Lipinski definition) is 2. The number of nitrogens with zero attached hydrogens (tertiary/aromatic N) is 1. The van der Waals surface area contributed by atoms with Crippen LogP contribution in [-0.2, 0) is 5.41 Å². The Labute approximate surface area is 267 Å². The lowest BCUT2D eigenvalue weighted by Gasteiger charge is -2.31. The van der Waals surface area contributed by atoms with E-state index in [4.69, 9.17) is 0 Å². The Hall–Kier alpha value is -5.18. The average Bonchev–Trinajstić information content (AvgIpc) is 3.59. The van der Waals surface area contributed by atoms with Crippen molar-refractivity contribution in [3.8, 4) is 22.3 Å². The molecule has 7 aromatic carbocycles. The maximum atomic E-state index is 2.54. The number of fused-ring (bicyclic) bond motifs is 8. The maximum absolute atomic E-state index is 2.54. The van der Waals surface area contributed by atoms with Gasteiger partial charge >= 0.3 is 0 Å². The summed E-state index contributed by atoms with van der Waals surface area (Å²) < 4.78 is 2.64. The van der Waals surface area contributed by atoms with Crippen LogP contribution in [0.25, 0.3) is 53.2 Å². The van der Waals surface area contributed by atoms with E-state index in [1.807, 2.05) is 11.3 Å². The van der Waals surface area contributed by atoms with E-state index in [9.17, 15) is 0 Å². The van der Waals surface area contributed by atoms with Crippen LogP contribution in [0.1, 0.15) is 25.0 Å². The van der Waals surface area contributed by atoms with Crippen LogP contribution in [0, 0.1) is 0 Å². The Kier molecular flexibility index (Phi) is 5.78. The van der Waals surface area contributed by atoms with Gasteiger partial charge in [-0.3, -0.25) is 0 Å². The van der Waals surface area contributed by atoms with Gasteiger partial charge in [0.2, 0.25) is 0 Å². The molecule has 1 aliphatic rings. The molecule has 1 aliphatic carbocycles. The summed E-state index contributed by atoms with van der Waals surface area (Å²) in [4.78, 5) is 2.54. The molecule has 0 saturated carbocycles. The predicted molar refractivity (Wildman–Crippen MR) is 195 cm³/mol. The topological polar surface area (TPSA) is 3.24 Å². The summed E-state index contributed by atoms with van der Waals surface area (Å²) in [7, 11) is 0. The van der Waals surface area contributed by atoms with Gasteiger partial charge in [0.15, 0.2) is 0 Å². The zero-order valence-electron chi connectivity index (χ0n) is 25.3. The third-order valence-electron chi connectivity index (χ3n) is 9.67.